The minimum atomic E-state index is -3.44. The van der Waals surface area contributed by atoms with Crippen LogP contribution >= 0.6 is 15.9 Å². The zero-order chi connectivity index (χ0) is 13.2. The van der Waals surface area contributed by atoms with Gasteiger partial charge in [-0.15, -0.1) is 0 Å². The Morgan fingerprint density at radius 2 is 2.00 bits per heavy atom. The van der Waals surface area contributed by atoms with Gasteiger partial charge in [-0.3, -0.25) is 4.72 Å². The van der Waals surface area contributed by atoms with Crippen LogP contribution < -0.4 is 10.0 Å². The Morgan fingerprint density at radius 1 is 1.33 bits per heavy atom. The van der Waals surface area contributed by atoms with Crippen molar-refractivity contribution in [2.75, 3.05) is 30.9 Å². The van der Waals surface area contributed by atoms with Crippen molar-refractivity contribution in [2.45, 2.75) is 6.92 Å². The van der Waals surface area contributed by atoms with Crippen LogP contribution in [0.5, 0.6) is 0 Å². The maximum Gasteiger partial charge on any atom is 0.301 e. The van der Waals surface area contributed by atoms with Crippen LogP contribution in [-0.2, 0) is 10.2 Å². The van der Waals surface area contributed by atoms with Crippen LogP contribution in [0.15, 0.2) is 22.7 Å². The molecule has 0 atom stereocenters. The number of aryl methyl sites for hydroxylation is 1. The molecule has 0 unspecified atom stereocenters. The zero-order valence-electron chi connectivity index (χ0n) is 10.1. The lowest BCUT2D eigenvalue weighted by Gasteiger charge is -2.26. The topological polar surface area (TPSA) is 61.4 Å². The highest BCUT2D eigenvalue weighted by Gasteiger charge is 2.23. The Labute approximate surface area is 116 Å². The summed E-state index contributed by atoms with van der Waals surface area (Å²) in [4.78, 5) is 0. The van der Waals surface area contributed by atoms with E-state index in [1.165, 1.54) is 4.31 Å². The highest BCUT2D eigenvalue weighted by Crippen LogP contribution is 2.22. The maximum atomic E-state index is 12.1. The predicted octanol–water partition coefficient (Wildman–Crippen LogP) is 1.32. The van der Waals surface area contributed by atoms with Crippen LogP contribution in [0.3, 0.4) is 0 Å². The first-order valence-electron chi connectivity index (χ1n) is 5.74. The summed E-state index contributed by atoms with van der Waals surface area (Å²) >= 11 is 3.39. The first-order valence-corrected chi connectivity index (χ1v) is 7.97. The molecule has 1 heterocycles. The van der Waals surface area contributed by atoms with Gasteiger partial charge in [-0.05, 0) is 24.6 Å². The van der Waals surface area contributed by atoms with Crippen molar-refractivity contribution in [3.05, 3.63) is 28.2 Å². The summed E-state index contributed by atoms with van der Waals surface area (Å²) in [5.41, 5.74) is 1.64. The monoisotopic (exact) mass is 333 g/mol. The number of halogens is 1. The molecule has 0 saturated carbocycles. The average molecular weight is 334 g/mol. The summed E-state index contributed by atoms with van der Waals surface area (Å²) in [5.74, 6) is 0. The van der Waals surface area contributed by atoms with Gasteiger partial charge in [-0.25, -0.2) is 0 Å². The Morgan fingerprint density at radius 3 is 2.61 bits per heavy atom. The summed E-state index contributed by atoms with van der Waals surface area (Å²) < 4.78 is 29.2. The molecular formula is C11H16BrN3O2S. The molecule has 5 nitrogen and oxygen atoms in total. The van der Waals surface area contributed by atoms with Crippen LogP contribution in [0.1, 0.15) is 5.56 Å². The molecule has 1 saturated heterocycles. The smallest absolute Gasteiger partial charge is 0.301 e. The normalized spacial score (nSPS) is 17.7. The molecule has 0 aliphatic carbocycles. The number of hydrogen-bond donors (Lipinski definition) is 2. The second kappa shape index (κ2) is 5.56. The molecule has 1 aromatic carbocycles. The second-order valence-corrected chi connectivity index (χ2v) is 6.75. The van der Waals surface area contributed by atoms with E-state index in [1.54, 1.807) is 12.1 Å². The summed E-state index contributed by atoms with van der Waals surface area (Å²) in [5, 5.41) is 3.13. The molecule has 0 radical (unpaired) electrons. The maximum absolute atomic E-state index is 12.1. The van der Waals surface area contributed by atoms with E-state index in [9.17, 15) is 8.42 Å². The van der Waals surface area contributed by atoms with E-state index >= 15 is 0 Å². The molecule has 0 amide bonds. The molecular weight excluding hydrogens is 318 g/mol. The van der Waals surface area contributed by atoms with Gasteiger partial charge >= 0.3 is 10.2 Å². The Balaban J connectivity index is 2.13. The first kappa shape index (κ1) is 13.8. The zero-order valence-corrected chi connectivity index (χ0v) is 12.5. The third kappa shape index (κ3) is 3.23. The van der Waals surface area contributed by atoms with Crippen molar-refractivity contribution in [3.63, 3.8) is 0 Å². The lowest BCUT2D eigenvalue weighted by Crippen LogP contribution is -2.48. The van der Waals surface area contributed by atoms with E-state index in [2.05, 4.69) is 26.0 Å². The van der Waals surface area contributed by atoms with Crippen LogP contribution in [0, 0.1) is 6.92 Å². The highest BCUT2D eigenvalue weighted by atomic mass is 79.9. The molecule has 1 aliphatic heterocycles. The van der Waals surface area contributed by atoms with E-state index in [0.717, 1.165) is 10.0 Å². The van der Waals surface area contributed by atoms with Crippen LogP contribution in [0.4, 0.5) is 5.69 Å². The third-order valence-electron chi connectivity index (χ3n) is 2.83. The molecule has 2 rings (SSSR count). The molecule has 0 aromatic heterocycles. The van der Waals surface area contributed by atoms with E-state index < -0.39 is 10.2 Å². The van der Waals surface area contributed by atoms with E-state index in [0.29, 0.717) is 31.9 Å². The van der Waals surface area contributed by atoms with E-state index in [-0.39, 0.29) is 0 Å². The molecule has 2 N–H and O–H groups in total. The van der Waals surface area contributed by atoms with Crippen molar-refractivity contribution >= 4 is 31.8 Å². The fraction of sp³-hybridized carbons (Fsp3) is 0.455. The number of rotatable bonds is 3. The minimum Gasteiger partial charge on any atom is -0.314 e. The number of piperazine rings is 1. The Hall–Kier alpha value is -0.630. The van der Waals surface area contributed by atoms with Gasteiger partial charge in [0.2, 0.25) is 0 Å². The van der Waals surface area contributed by atoms with Gasteiger partial charge in [0.05, 0.1) is 5.69 Å². The molecule has 0 spiro atoms. The predicted molar refractivity (Wildman–Crippen MR) is 75.9 cm³/mol. The number of anilines is 1. The lowest BCUT2D eigenvalue weighted by atomic mass is 10.2. The van der Waals surface area contributed by atoms with Crippen LogP contribution in [0.25, 0.3) is 0 Å². The number of nitrogens with one attached hydrogen (secondary N) is 2. The molecule has 1 aromatic rings. The van der Waals surface area contributed by atoms with Gasteiger partial charge < -0.3 is 5.32 Å². The fourth-order valence-corrected chi connectivity index (χ4v) is 3.35. The quantitative estimate of drug-likeness (QED) is 0.876. The van der Waals surface area contributed by atoms with Crippen LogP contribution in [0.2, 0.25) is 0 Å². The minimum absolute atomic E-state index is 0.502. The lowest BCUT2D eigenvalue weighted by molar-refractivity contribution is 0.362. The second-order valence-electron chi connectivity index (χ2n) is 4.22. The largest absolute Gasteiger partial charge is 0.314 e. The van der Waals surface area contributed by atoms with Crippen molar-refractivity contribution in [2.24, 2.45) is 0 Å². The standard InChI is InChI=1S/C11H16BrN3O2S/c1-9-2-3-10(8-11(9)12)14-18(16,17)15-6-4-13-5-7-15/h2-3,8,13-14H,4-7H2,1H3. The summed E-state index contributed by atoms with van der Waals surface area (Å²) in [6.07, 6.45) is 0. The molecule has 1 fully saturated rings. The highest BCUT2D eigenvalue weighted by molar-refractivity contribution is 9.10. The van der Waals surface area contributed by atoms with Gasteiger partial charge in [0.15, 0.2) is 0 Å². The molecule has 18 heavy (non-hydrogen) atoms. The molecule has 7 heteroatoms. The van der Waals surface area contributed by atoms with Gasteiger partial charge in [0, 0.05) is 30.7 Å². The average Bonchev–Trinajstić information content (AvgIpc) is 2.35. The van der Waals surface area contributed by atoms with Crippen molar-refractivity contribution in [1.82, 2.24) is 9.62 Å². The Bertz CT molecular complexity index is 527. The molecule has 100 valence electrons. The van der Waals surface area contributed by atoms with Gasteiger partial charge in [-0.2, -0.15) is 12.7 Å². The van der Waals surface area contributed by atoms with Gasteiger partial charge in [-0.1, -0.05) is 22.0 Å². The first-order chi connectivity index (χ1) is 8.49. The Kier molecular flexibility index (Phi) is 4.26. The van der Waals surface area contributed by atoms with Crippen molar-refractivity contribution < 1.29 is 8.42 Å². The van der Waals surface area contributed by atoms with Crippen molar-refractivity contribution in [1.29, 1.82) is 0 Å². The van der Waals surface area contributed by atoms with E-state index in [1.807, 2.05) is 13.0 Å². The van der Waals surface area contributed by atoms with Gasteiger partial charge in [0.25, 0.3) is 0 Å². The molecule has 0 bridgehead atoms. The SMILES string of the molecule is Cc1ccc(NS(=O)(=O)N2CCNCC2)cc1Br. The molecule has 1 aliphatic rings. The summed E-state index contributed by atoms with van der Waals surface area (Å²) in [7, 11) is -3.44. The number of hydrogen-bond acceptors (Lipinski definition) is 3. The van der Waals surface area contributed by atoms with E-state index in [4.69, 9.17) is 0 Å². The fourth-order valence-electron chi connectivity index (χ4n) is 1.75. The number of nitrogens with zero attached hydrogens (tertiary/aromatic N) is 1. The van der Waals surface area contributed by atoms with Crippen molar-refractivity contribution in [3.8, 4) is 0 Å². The number of benzene rings is 1. The summed E-state index contributed by atoms with van der Waals surface area (Å²) in [6, 6.07) is 5.41. The van der Waals surface area contributed by atoms with Gasteiger partial charge in [0.1, 0.15) is 0 Å². The van der Waals surface area contributed by atoms with Crippen LogP contribution in [-0.4, -0.2) is 38.9 Å². The summed E-state index contributed by atoms with van der Waals surface area (Å²) in [6.45, 7) is 4.35. The third-order valence-corrected chi connectivity index (χ3v) is 5.23.